The third-order valence-electron chi connectivity index (χ3n) is 5.45. The minimum atomic E-state index is -0.243. The average Bonchev–Trinajstić information content (AvgIpc) is 3.24. The van der Waals surface area contributed by atoms with Crippen molar-refractivity contribution in [3.63, 3.8) is 0 Å². The number of likely N-dealkylation sites (tertiary alicyclic amines) is 1. The fraction of sp³-hybridized carbons (Fsp3) is 0.391. The Bertz CT molecular complexity index is 925. The SMILES string of the molecule is CCc1nccn1-c1cccc(C2CCCN(CCOc3ccc(F)cc3)C2)n1. The maximum Gasteiger partial charge on any atom is 0.138 e. The van der Waals surface area contributed by atoms with Crippen LogP contribution in [0.4, 0.5) is 4.39 Å². The second-order valence-electron chi connectivity index (χ2n) is 7.43. The summed E-state index contributed by atoms with van der Waals surface area (Å²) in [5.74, 6) is 2.85. The minimum absolute atomic E-state index is 0.243. The number of piperidine rings is 1. The third kappa shape index (κ3) is 4.82. The van der Waals surface area contributed by atoms with Crippen molar-refractivity contribution in [1.29, 1.82) is 0 Å². The van der Waals surface area contributed by atoms with E-state index in [9.17, 15) is 4.39 Å². The largest absolute Gasteiger partial charge is 0.492 e. The maximum atomic E-state index is 13.0. The molecule has 4 rings (SSSR count). The van der Waals surface area contributed by atoms with Gasteiger partial charge in [0, 0.05) is 43.5 Å². The molecule has 6 heteroatoms. The zero-order valence-corrected chi connectivity index (χ0v) is 16.8. The molecule has 0 spiro atoms. The van der Waals surface area contributed by atoms with Crippen LogP contribution in [-0.2, 0) is 6.42 Å². The van der Waals surface area contributed by atoms with Gasteiger partial charge in [0.2, 0.25) is 0 Å². The van der Waals surface area contributed by atoms with E-state index < -0.39 is 0 Å². The van der Waals surface area contributed by atoms with E-state index in [0.29, 0.717) is 18.3 Å². The summed E-state index contributed by atoms with van der Waals surface area (Å²) in [5, 5.41) is 0. The lowest BCUT2D eigenvalue weighted by atomic mass is 9.94. The quantitative estimate of drug-likeness (QED) is 0.602. The van der Waals surface area contributed by atoms with E-state index in [-0.39, 0.29) is 5.82 Å². The lowest BCUT2D eigenvalue weighted by molar-refractivity contribution is 0.169. The predicted molar refractivity (Wildman–Crippen MR) is 111 cm³/mol. The van der Waals surface area contributed by atoms with Gasteiger partial charge < -0.3 is 4.74 Å². The highest BCUT2D eigenvalue weighted by molar-refractivity contribution is 5.28. The second kappa shape index (κ2) is 9.18. The molecule has 1 aromatic carbocycles. The first kappa shape index (κ1) is 19.6. The van der Waals surface area contributed by atoms with Crippen molar-refractivity contribution >= 4 is 0 Å². The molecule has 0 aliphatic carbocycles. The monoisotopic (exact) mass is 394 g/mol. The molecule has 0 N–H and O–H groups in total. The molecule has 0 radical (unpaired) electrons. The fourth-order valence-electron chi connectivity index (χ4n) is 3.93. The Kier molecular flexibility index (Phi) is 6.20. The molecule has 0 bridgehead atoms. The normalized spacial score (nSPS) is 17.4. The molecule has 3 heterocycles. The van der Waals surface area contributed by atoms with Crippen LogP contribution < -0.4 is 4.74 Å². The van der Waals surface area contributed by atoms with Crippen molar-refractivity contribution in [2.45, 2.75) is 32.1 Å². The van der Waals surface area contributed by atoms with E-state index >= 15 is 0 Å². The van der Waals surface area contributed by atoms with Gasteiger partial charge in [-0.1, -0.05) is 13.0 Å². The molecular weight excluding hydrogens is 367 g/mol. The molecule has 1 aliphatic rings. The number of pyridine rings is 1. The highest BCUT2D eigenvalue weighted by Gasteiger charge is 2.22. The number of hydrogen-bond donors (Lipinski definition) is 0. The van der Waals surface area contributed by atoms with Crippen LogP contribution in [0.1, 0.15) is 37.2 Å². The standard InChI is InChI=1S/C23H27FN4O/c1-2-22-25-12-14-28(22)23-7-3-6-21(26-23)18-5-4-13-27(17-18)15-16-29-20-10-8-19(24)9-11-20/h3,6-12,14,18H,2,4-5,13,15-17H2,1H3. The zero-order valence-electron chi connectivity index (χ0n) is 16.8. The Morgan fingerprint density at radius 2 is 2.03 bits per heavy atom. The van der Waals surface area contributed by atoms with Gasteiger partial charge in [-0.2, -0.15) is 0 Å². The number of aryl methyl sites for hydroxylation is 1. The van der Waals surface area contributed by atoms with Gasteiger partial charge in [-0.25, -0.2) is 14.4 Å². The van der Waals surface area contributed by atoms with Crippen molar-refractivity contribution in [1.82, 2.24) is 19.4 Å². The Labute approximate surface area is 171 Å². The van der Waals surface area contributed by atoms with Crippen LogP contribution in [0.25, 0.3) is 5.82 Å². The van der Waals surface area contributed by atoms with Crippen LogP contribution in [0.3, 0.4) is 0 Å². The highest BCUT2D eigenvalue weighted by Crippen LogP contribution is 2.26. The molecule has 3 aromatic rings. The summed E-state index contributed by atoms with van der Waals surface area (Å²) < 4.78 is 20.8. The molecular formula is C23H27FN4O. The summed E-state index contributed by atoms with van der Waals surface area (Å²) in [6.45, 7) is 5.61. The van der Waals surface area contributed by atoms with Crippen molar-refractivity contribution in [3.8, 4) is 11.6 Å². The lowest BCUT2D eigenvalue weighted by Crippen LogP contribution is -2.37. The van der Waals surface area contributed by atoms with Crippen LogP contribution in [0.5, 0.6) is 5.75 Å². The van der Waals surface area contributed by atoms with E-state index in [2.05, 4.69) is 33.5 Å². The number of ether oxygens (including phenoxy) is 1. The Morgan fingerprint density at radius 1 is 1.17 bits per heavy atom. The van der Waals surface area contributed by atoms with E-state index in [4.69, 9.17) is 9.72 Å². The molecule has 0 amide bonds. The van der Waals surface area contributed by atoms with E-state index in [0.717, 1.165) is 56.2 Å². The van der Waals surface area contributed by atoms with Gasteiger partial charge in [-0.05, 0) is 55.8 Å². The lowest BCUT2D eigenvalue weighted by Gasteiger charge is -2.32. The van der Waals surface area contributed by atoms with E-state index in [1.54, 1.807) is 12.1 Å². The van der Waals surface area contributed by atoms with E-state index in [1.165, 1.54) is 12.1 Å². The number of hydrogen-bond acceptors (Lipinski definition) is 4. The second-order valence-corrected chi connectivity index (χ2v) is 7.43. The summed E-state index contributed by atoms with van der Waals surface area (Å²) in [5.41, 5.74) is 1.14. The molecule has 0 saturated carbocycles. The molecule has 5 nitrogen and oxygen atoms in total. The molecule has 1 atom stereocenters. The van der Waals surface area contributed by atoms with Crippen LogP contribution >= 0.6 is 0 Å². The van der Waals surface area contributed by atoms with Gasteiger partial charge >= 0.3 is 0 Å². The molecule has 1 aliphatic heterocycles. The zero-order chi connectivity index (χ0) is 20.1. The van der Waals surface area contributed by atoms with Gasteiger partial charge in [0.25, 0.3) is 0 Å². The minimum Gasteiger partial charge on any atom is -0.492 e. The first-order chi connectivity index (χ1) is 14.2. The van der Waals surface area contributed by atoms with Gasteiger partial charge in [-0.15, -0.1) is 0 Å². The third-order valence-corrected chi connectivity index (χ3v) is 5.45. The summed E-state index contributed by atoms with van der Waals surface area (Å²) in [7, 11) is 0. The van der Waals surface area contributed by atoms with Crippen molar-refractivity contribution in [2.75, 3.05) is 26.2 Å². The molecule has 1 saturated heterocycles. The summed E-state index contributed by atoms with van der Waals surface area (Å²) >= 11 is 0. The first-order valence-corrected chi connectivity index (χ1v) is 10.3. The highest BCUT2D eigenvalue weighted by atomic mass is 19.1. The predicted octanol–water partition coefficient (Wildman–Crippen LogP) is 4.23. The average molecular weight is 394 g/mol. The number of imidazole rings is 1. The molecule has 29 heavy (non-hydrogen) atoms. The Balaban J connectivity index is 1.37. The molecule has 152 valence electrons. The Morgan fingerprint density at radius 3 is 2.86 bits per heavy atom. The van der Waals surface area contributed by atoms with Crippen molar-refractivity contribution in [2.24, 2.45) is 0 Å². The van der Waals surface area contributed by atoms with Gasteiger partial charge in [-0.3, -0.25) is 9.47 Å². The van der Waals surface area contributed by atoms with Crippen LogP contribution in [0, 0.1) is 5.82 Å². The number of rotatable bonds is 7. The number of nitrogens with zero attached hydrogens (tertiary/aromatic N) is 4. The van der Waals surface area contributed by atoms with Crippen molar-refractivity contribution in [3.05, 3.63) is 72.2 Å². The fourth-order valence-corrected chi connectivity index (χ4v) is 3.93. The smallest absolute Gasteiger partial charge is 0.138 e. The van der Waals surface area contributed by atoms with Gasteiger partial charge in [0.1, 0.15) is 29.8 Å². The molecule has 1 unspecified atom stereocenters. The van der Waals surface area contributed by atoms with Crippen LogP contribution in [-0.4, -0.2) is 45.7 Å². The topological polar surface area (TPSA) is 43.2 Å². The summed E-state index contributed by atoms with van der Waals surface area (Å²) in [6.07, 6.45) is 6.99. The summed E-state index contributed by atoms with van der Waals surface area (Å²) in [6, 6.07) is 12.5. The van der Waals surface area contributed by atoms with Crippen molar-refractivity contribution < 1.29 is 9.13 Å². The van der Waals surface area contributed by atoms with Crippen LogP contribution in [0.15, 0.2) is 54.9 Å². The number of benzene rings is 1. The Hall–Kier alpha value is -2.73. The maximum absolute atomic E-state index is 13.0. The molecule has 2 aromatic heterocycles. The number of aromatic nitrogens is 3. The van der Waals surface area contributed by atoms with Gasteiger partial charge in [0.05, 0.1) is 0 Å². The number of halogens is 1. The summed E-state index contributed by atoms with van der Waals surface area (Å²) in [4.78, 5) is 11.8. The van der Waals surface area contributed by atoms with Gasteiger partial charge in [0.15, 0.2) is 0 Å². The van der Waals surface area contributed by atoms with Crippen LogP contribution in [0.2, 0.25) is 0 Å². The first-order valence-electron chi connectivity index (χ1n) is 10.3. The molecule has 1 fully saturated rings. The van der Waals surface area contributed by atoms with E-state index in [1.807, 2.05) is 18.5 Å².